The highest BCUT2D eigenvalue weighted by Crippen LogP contribution is 2.31. The van der Waals surface area contributed by atoms with Crippen molar-refractivity contribution in [3.8, 4) is 11.5 Å². The lowest BCUT2D eigenvalue weighted by Crippen LogP contribution is -2.12. The molecule has 0 amide bonds. The molecule has 3 rings (SSSR count). The molecule has 0 unspecified atom stereocenters. The number of benzene rings is 2. The van der Waals surface area contributed by atoms with Crippen LogP contribution in [0.1, 0.15) is 34.6 Å². The molecule has 5 nitrogen and oxygen atoms in total. The lowest BCUT2D eigenvalue weighted by molar-refractivity contribution is 0.101. The normalized spacial score (nSPS) is 11.0. The van der Waals surface area contributed by atoms with Crippen LogP contribution >= 0.6 is 11.6 Å². The molecule has 1 aliphatic carbocycles. The van der Waals surface area contributed by atoms with Crippen LogP contribution in [0.25, 0.3) is 22.6 Å². The van der Waals surface area contributed by atoms with Gasteiger partial charge in [0.1, 0.15) is 16.2 Å². The van der Waals surface area contributed by atoms with Gasteiger partial charge >= 0.3 is 0 Å². The number of halogens is 1. The van der Waals surface area contributed by atoms with Crippen LogP contribution < -0.4 is 5.43 Å². The van der Waals surface area contributed by atoms with Crippen molar-refractivity contribution in [3.05, 3.63) is 50.6 Å². The van der Waals surface area contributed by atoms with Crippen molar-refractivity contribution in [1.29, 1.82) is 0 Å². The number of rotatable bonds is 2. The van der Waals surface area contributed by atoms with E-state index in [4.69, 9.17) is 16.0 Å². The van der Waals surface area contributed by atoms with Crippen LogP contribution in [0.4, 0.5) is 0 Å². The van der Waals surface area contributed by atoms with Gasteiger partial charge in [0.05, 0.1) is 5.56 Å². The number of fused-ring (bicyclic) bond motifs is 2. The molecule has 22 heavy (non-hydrogen) atoms. The molecular formula is C16H10ClNO4. The zero-order valence-corrected chi connectivity index (χ0v) is 12.5. The lowest BCUT2D eigenvalue weighted by atomic mass is 10.0. The summed E-state index contributed by atoms with van der Waals surface area (Å²) in [5.41, 5.74) is 0.745. The third kappa shape index (κ3) is 2.10. The first-order valence-corrected chi connectivity index (χ1v) is 6.86. The SMILES string of the molecule is CC(=O)c1c2nc3c(C(C)=O)cccc3oc-2cc(=O)c1Cl. The Kier molecular flexibility index (Phi) is 3.30. The molecule has 0 bridgehead atoms. The van der Waals surface area contributed by atoms with Gasteiger partial charge < -0.3 is 4.42 Å². The van der Waals surface area contributed by atoms with Crippen molar-refractivity contribution in [2.45, 2.75) is 13.8 Å². The molecule has 1 aliphatic heterocycles. The van der Waals surface area contributed by atoms with Gasteiger partial charge in [-0.15, -0.1) is 0 Å². The maximum Gasteiger partial charge on any atom is 0.201 e. The number of ketones is 2. The van der Waals surface area contributed by atoms with Crippen molar-refractivity contribution in [1.82, 2.24) is 4.98 Å². The van der Waals surface area contributed by atoms with Crippen molar-refractivity contribution in [2.24, 2.45) is 0 Å². The summed E-state index contributed by atoms with van der Waals surface area (Å²) in [5, 5.41) is -0.192. The van der Waals surface area contributed by atoms with Crippen LogP contribution in [0.15, 0.2) is 33.5 Å². The molecule has 1 aromatic rings. The predicted octanol–water partition coefficient (Wildman–Crippen LogP) is 3.35. The van der Waals surface area contributed by atoms with Gasteiger partial charge in [-0.1, -0.05) is 17.7 Å². The smallest absolute Gasteiger partial charge is 0.201 e. The minimum Gasteiger partial charge on any atom is -0.453 e. The average Bonchev–Trinajstić information content (AvgIpc) is 2.45. The highest BCUT2D eigenvalue weighted by molar-refractivity contribution is 6.34. The van der Waals surface area contributed by atoms with Crippen molar-refractivity contribution in [2.75, 3.05) is 0 Å². The van der Waals surface area contributed by atoms with Crippen molar-refractivity contribution < 1.29 is 14.0 Å². The second kappa shape index (κ2) is 5.03. The molecule has 0 spiro atoms. The fraction of sp³-hybridized carbons (Fsp3) is 0.125. The van der Waals surface area contributed by atoms with E-state index in [9.17, 15) is 14.4 Å². The molecule has 1 heterocycles. The fourth-order valence-electron chi connectivity index (χ4n) is 2.35. The number of hydrogen-bond acceptors (Lipinski definition) is 5. The second-order valence-electron chi connectivity index (χ2n) is 4.89. The maximum absolute atomic E-state index is 11.8. The monoisotopic (exact) mass is 315 g/mol. The van der Waals surface area contributed by atoms with E-state index >= 15 is 0 Å². The molecule has 0 saturated heterocycles. The molecule has 2 aliphatic rings. The summed E-state index contributed by atoms with van der Waals surface area (Å²) in [6.07, 6.45) is 0. The van der Waals surface area contributed by atoms with E-state index in [0.717, 1.165) is 0 Å². The Bertz CT molecular complexity index is 974. The average molecular weight is 316 g/mol. The third-order valence-corrected chi connectivity index (χ3v) is 3.72. The summed E-state index contributed by atoms with van der Waals surface area (Å²) in [6, 6.07) is 6.11. The molecule has 0 aromatic heterocycles. The molecule has 6 heteroatoms. The molecule has 0 saturated carbocycles. The lowest BCUT2D eigenvalue weighted by Gasteiger charge is -2.11. The predicted molar refractivity (Wildman–Crippen MR) is 81.9 cm³/mol. The van der Waals surface area contributed by atoms with E-state index in [2.05, 4.69) is 4.98 Å². The van der Waals surface area contributed by atoms with Gasteiger partial charge in [-0.05, 0) is 26.0 Å². The zero-order valence-electron chi connectivity index (χ0n) is 11.8. The fourth-order valence-corrected chi connectivity index (χ4v) is 2.62. The van der Waals surface area contributed by atoms with Crippen LogP contribution in [0.5, 0.6) is 0 Å². The highest BCUT2D eigenvalue weighted by Gasteiger charge is 2.23. The van der Waals surface area contributed by atoms with E-state index in [-0.39, 0.29) is 27.8 Å². The van der Waals surface area contributed by atoms with Gasteiger partial charge in [0.2, 0.25) is 5.43 Å². The van der Waals surface area contributed by atoms with Gasteiger partial charge in [0.15, 0.2) is 22.9 Å². The zero-order chi connectivity index (χ0) is 16.0. The Morgan fingerprint density at radius 3 is 2.55 bits per heavy atom. The summed E-state index contributed by atoms with van der Waals surface area (Å²) in [7, 11) is 0. The number of hydrogen-bond donors (Lipinski definition) is 0. The Balaban J connectivity index is 2.55. The molecule has 0 fully saturated rings. The quantitative estimate of drug-likeness (QED) is 0.535. The number of carbonyl (C=O) groups excluding carboxylic acids is 2. The molecular weight excluding hydrogens is 306 g/mol. The van der Waals surface area contributed by atoms with Crippen molar-refractivity contribution >= 4 is 34.3 Å². The molecule has 1 aromatic carbocycles. The number of nitrogens with zero attached hydrogens (tertiary/aromatic N) is 1. The standard InChI is InChI=1S/C16H10ClNO4/c1-7(19)9-4-3-5-11-15(9)18-16-12(22-11)6-10(21)14(17)13(16)8(2)20/h3-6H,1-2H3. The second-order valence-corrected chi connectivity index (χ2v) is 5.27. The van der Waals surface area contributed by atoms with E-state index in [0.29, 0.717) is 16.7 Å². The van der Waals surface area contributed by atoms with E-state index in [1.165, 1.54) is 19.9 Å². The van der Waals surface area contributed by atoms with Crippen LogP contribution in [0.3, 0.4) is 0 Å². The first-order valence-electron chi connectivity index (χ1n) is 6.48. The maximum atomic E-state index is 11.8. The third-order valence-electron chi connectivity index (χ3n) is 3.34. The molecule has 0 radical (unpaired) electrons. The first kappa shape index (κ1) is 14.4. The number of aromatic nitrogens is 1. The Morgan fingerprint density at radius 1 is 1.18 bits per heavy atom. The first-order chi connectivity index (χ1) is 10.4. The minimum absolute atomic E-state index is 0.00757. The molecule has 0 atom stereocenters. The summed E-state index contributed by atoms with van der Waals surface area (Å²) in [5.74, 6) is -0.411. The minimum atomic E-state index is -0.507. The van der Waals surface area contributed by atoms with Crippen LogP contribution in [0, 0.1) is 0 Å². The van der Waals surface area contributed by atoms with Gasteiger partial charge in [0.25, 0.3) is 0 Å². The Hall–Kier alpha value is -2.53. The molecule has 110 valence electrons. The van der Waals surface area contributed by atoms with Gasteiger partial charge in [-0.2, -0.15) is 0 Å². The summed E-state index contributed by atoms with van der Waals surface area (Å²) in [4.78, 5) is 39.7. The Labute approximate surface area is 129 Å². The van der Waals surface area contributed by atoms with Gasteiger partial charge in [-0.25, -0.2) is 4.98 Å². The van der Waals surface area contributed by atoms with E-state index in [1.54, 1.807) is 18.2 Å². The number of carbonyl (C=O) groups is 2. The number of para-hydroxylation sites is 1. The van der Waals surface area contributed by atoms with Crippen molar-refractivity contribution in [3.63, 3.8) is 0 Å². The van der Waals surface area contributed by atoms with Crippen LogP contribution in [-0.2, 0) is 0 Å². The van der Waals surface area contributed by atoms with Crippen LogP contribution in [-0.4, -0.2) is 16.6 Å². The topological polar surface area (TPSA) is 77.2 Å². The van der Waals surface area contributed by atoms with E-state index < -0.39 is 11.2 Å². The Morgan fingerprint density at radius 2 is 1.91 bits per heavy atom. The largest absolute Gasteiger partial charge is 0.453 e. The summed E-state index contributed by atoms with van der Waals surface area (Å²) >= 11 is 5.94. The van der Waals surface area contributed by atoms with Gasteiger partial charge in [-0.3, -0.25) is 14.4 Å². The van der Waals surface area contributed by atoms with E-state index in [1.807, 2.05) is 0 Å². The highest BCUT2D eigenvalue weighted by atomic mass is 35.5. The van der Waals surface area contributed by atoms with Gasteiger partial charge in [0, 0.05) is 11.6 Å². The molecule has 0 N–H and O–H groups in total. The number of Topliss-reactive ketones (excluding diaryl/α,β-unsaturated/α-hetero) is 2. The van der Waals surface area contributed by atoms with Crippen LogP contribution in [0.2, 0.25) is 5.02 Å². The summed E-state index contributed by atoms with van der Waals surface area (Å²) in [6.45, 7) is 2.71. The summed E-state index contributed by atoms with van der Waals surface area (Å²) < 4.78 is 5.64.